The van der Waals surface area contributed by atoms with Crippen molar-refractivity contribution in [2.24, 2.45) is 5.92 Å². The number of carbonyl (C=O) groups is 1. The summed E-state index contributed by atoms with van der Waals surface area (Å²) in [7, 11) is 0. The van der Waals surface area contributed by atoms with E-state index in [9.17, 15) is 4.79 Å². The number of carbonyl (C=O) groups excluding carboxylic acids is 1. The summed E-state index contributed by atoms with van der Waals surface area (Å²) in [5, 5.41) is 4.02. The van der Waals surface area contributed by atoms with Gasteiger partial charge in [0.2, 0.25) is 0 Å². The van der Waals surface area contributed by atoms with Gasteiger partial charge in [0.15, 0.2) is 0 Å². The van der Waals surface area contributed by atoms with Crippen LogP contribution in [-0.4, -0.2) is 20.4 Å². The van der Waals surface area contributed by atoms with Crippen molar-refractivity contribution >= 4 is 22.9 Å². The van der Waals surface area contributed by atoms with Gasteiger partial charge in [0.05, 0.1) is 16.4 Å². The minimum atomic E-state index is -0.0878. The van der Waals surface area contributed by atoms with E-state index in [2.05, 4.69) is 34.9 Å². The van der Waals surface area contributed by atoms with Crippen molar-refractivity contribution in [3.05, 3.63) is 51.9 Å². The molecular formula is C22H26N4OS. The standard InChI is InChI=1S/C22H26N4OS/c1-14(2)12-20-23-15(3)21(28-20)22(27)24-17-9-7-16(8-10-17)18-13-26-11-5-4-6-19(26)25-18/h7-10,13-14H,4-6,11-12H2,1-3H3,(H,24,27). The van der Waals surface area contributed by atoms with Crippen LogP contribution in [0.4, 0.5) is 5.69 Å². The third kappa shape index (κ3) is 4.02. The quantitative estimate of drug-likeness (QED) is 0.655. The molecule has 1 amide bonds. The molecule has 0 radical (unpaired) electrons. The monoisotopic (exact) mass is 394 g/mol. The number of amides is 1. The number of fused-ring (bicyclic) bond motifs is 1. The van der Waals surface area contributed by atoms with E-state index in [1.165, 1.54) is 30.0 Å². The second kappa shape index (κ2) is 7.87. The number of nitrogens with one attached hydrogen (secondary N) is 1. The van der Waals surface area contributed by atoms with Crippen LogP contribution in [0.1, 0.15) is 52.9 Å². The molecule has 4 rings (SSSR count). The number of hydrogen-bond donors (Lipinski definition) is 1. The van der Waals surface area contributed by atoms with Gasteiger partial charge in [0, 0.05) is 36.8 Å². The second-order valence-corrected chi connectivity index (χ2v) is 8.93. The number of imidazole rings is 1. The molecule has 3 heterocycles. The molecule has 2 aromatic heterocycles. The van der Waals surface area contributed by atoms with Crippen LogP contribution < -0.4 is 5.32 Å². The maximum atomic E-state index is 12.7. The molecule has 0 fully saturated rings. The molecule has 1 aliphatic heterocycles. The SMILES string of the molecule is Cc1nc(CC(C)C)sc1C(=O)Nc1ccc(-c2cn3c(n2)CCCC3)cc1. The molecule has 0 bridgehead atoms. The Bertz CT molecular complexity index is 961. The Hall–Kier alpha value is -2.47. The van der Waals surface area contributed by atoms with Crippen molar-refractivity contribution < 1.29 is 4.79 Å². The lowest BCUT2D eigenvalue weighted by molar-refractivity contribution is 0.103. The Morgan fingerprint density at radius 2 is 2.00 bits per heavy atom. The fourth-order valence-electron chi connectivity index (χ4n) is 3.56. The molecule has 1 aliphatic rings. The average Bonchev–Trinajstić information content (AvgIpc) is 3.25. The zero-order valence-corrected chi connectivity index (χ0v) is 17.5. The minimum Gasteiger partial charge on any atom is -0.334 e. The maximum Gasteiger partial charge on any atom is 0.267 e. The summed E-state index contributed by atoms with van der Waals surface area (Å²) in [6.45, 7) is 7.28. The molecule has 0 unspecified atom stereocenters. The first kappa shape index (κ1) is 18.9. The molecule has 146 valence electrons. The highest BCUT2D eigenvalue weighted by atomic mass is 32.1. The molecule has 0 saturated heterocycles. The average molecular weight is 395 g/mol. The van der Waals surface area contributed by atoms with Crippen LogP contribution in [0.25, 0.3) is 11.3 Å². The number of rotatable bonds is 5. The number of thiazole rings is 1. The van der Waals surface area contributed by atoms with Gasteiger partial charge in [-0.3, -0.25) is 4.79 Å². The second-order valence-electron chi connectivity index (χ2n) is 7.84. The highest BCUT2D eigenvalue weighted by Crippen LogP contribution is 2.25. The van der Waals surface area contributed by atoms with Crippen molar-refractivity contribution in [2.45, 2.75) is 53.0 Å². The number of aromatic nitrogens is 3. The molecule has 1 N–H and O–H groups in total. The molecule has 0 aliphatic carbocycles. The van der Waals surface area contributed by atoms with Gasteiger partial charge in [-0.05, 0) is 37.8 Å². The van der Waals surface area contributed by atoms with E-state index in [4.69, 9.17) is 4.98 Å². The Kier molecular flexibility index (Phi) is 5.31. The maximum absolute atomic E-state index is 12.7. The highest BCUT2D eigenvalue weighted by molar-refractivity contribution is 7.13. The van der Waals surface area contributed by atoms with E-state index in [1.807, 2.05) is 31.2 Å². The van der Waals surface area contributed by atoms with E-state index < -0.39 is 0 Å². The smallest absolute Gasteiger partial charge is 0.267 e. The molecular weight excluding hydrogens is 368 g/mol. The van der Waals surface area contributed by atoms with Gasteiger partial charge in [-0.15, -0.1) is 11.3 Å². The summed E-state index contributed by atoms with van der Waals surface area (Å²) < 4.78 is 2.26. The molecule has 5 nitrogen and oxygen atoms in total. The third-order valence-electron chi connectivity index (χ3n) is 4.98. The molecule has 1 aromatic carbocycles. The van der Waals surface area contributed by atoms with Crippen molar-refractivity contribution in [3.8, 4) is 11.3 Å². The molecule has 0 spiro atoms. The van der Waals surface area contributed by atoms with Gasteiger partial charge in [0.1, 0.15) is 10.7 Å². The Labute approximate surface area is 169 Å². The van der Waals surface area contributed by atoms with Crippen LogP contribution in [0, 0.1) is 12.8 Å². The predicted molar refractivity (Wildman–Crippen MR) is 114 cm³/mol. The predicted octanol–water partition coefficient (Wildman–Crippen LogP) is 5.10. The molecule has 3 aromatic rings. The van der Waals surface area contributed by atoms with Crippen molar-refractivity contribution in [1.29, 1.82) is 0 Å². The number of anilines is 1. The lowest BCUT2D eigenvalue weighted by Crippen LogP contribution is -2.11. The third-order valence-corrected chi connectivity index (χ3v) is 6.16. The summed E-state index contributed by atoms with van der Waals surface area (Å²) in [5.41, 5.74) is 3.67. The van der Waals surface area contributed by atoms with Crippen molar-refractivity contribution in [1.82, 2.24) is 14.5 Å². The van der Waals surface area contributed by atoms with Crippen LogP contribution >= 0.6 is 11.3 Å². The van der Waals surface area contributed by atoms with E-state index in [1.54, 1.807) is 0 Å². The van der Waals surface area contributed by atoms with Gasteiger partial charge in [-0.1, -0.05) is 26.0 Å². The van der Waals surface area contributed by atoms with E-state index in [0.717, 1.165) is 47.0 Å². The fraction of sp³-hybridized carbons (Fsp3) is 0.409. The Balaban J connectivity index is 1.46. The number of hydrogen-bond acceptors (Lipinski definition) is 4. The van der Waals surface area contributed by atoms with Gasteiger partial charge in [-0.2, -0.15) is 0 Å². The lowest BCUT2D eigenvalue weighted by Gasteiger charge is -2.11. The Morgan fingerprint density at radius 1 is 1.21 bits per heavy atom. The zero-order chi connectivity index (χ0) is 19.7. The summed E-state index contributed by atoms with van der Waals surface area (Å²) in [5.74, 6) is 1.62. The first-order valence-electron chi connectivity index (χ1n) is 9.93. The number of aryl methyl sites for hydroxylation is 3. The fourth-order valence-corrected chi connectivity index (χ4v) is 4.74. The van der Waals surface area contributed by atoms with E-state index >= 15 is 0 Å². The largest absolute Gasteiger partial charge is 0.334 e. The van der Waals surface area contributed by atoms with Gasteiger partial charge in [-0.25, -0.2) is 9.97 Å². The zero-order valence-electron chi connectivity index (χ0n) is 16.7. The molecule has 0 atom stereocenters. The van der Waals surface area contributed by atoms with Gasteiger partial charge >= 0.3 is 0 Å². The summed E-state index contributed by atoms with van der Waals surface area (Å²) in [6.07, 6.45) is 6.54. The minimum absolute atomic E-state index is 0.0878. The molecule has 0 saturated carbocycles. The van der Waals surface area contributed by atoms with Crippen LogP contribution in [0.3, 0.4) is 0 Å². The number of nitrogens with zero attached hydrogens (tertiary/aromatic N) is 3. The summed E-state index contributed by atoms with van der Waals surface area (Å²) in [6, 6.07) is 7.93. The van der Waals surface area contributed by atoms with Crippen molar-refractivity contribution in [3.63, 3.8) is 0 Å². The van der Waals surface area contributed by atoms with E-state index in [-0.39, 0.29) is 5.91 Å². The van der Waals surface area contributed by atoms with E-state index in [0.29, 0.717) is 10.8 Å². The van der Waals surface area contributed by atoms with Gasteiger partial charge in [0.25, 0.3) is 5.91 Å². The Morgan fingerprint density at radius 3 is 2.71 bits per heavy atom. The summed E-state index contributed by atoms with van der Waals surface area (Å²) >= 11 is 1.49. The molecule has 6 heteroatoms. The lowest BCUT2D eigenvalue weighted by atomic mass is 10.1. The van der Waals surface area contributed by atoms with Crippen LogP contribution in [-0.2, 0) is 19.4 Å². The van der Waals surface area contributed by atoms with Gasteiger partial charge < -0.3 is 9.88 Å². The first-order valence-corrected chi connectivity index (χ1v) is 10.8. The van der Waals surface area contributed by atoms with Crippen LogP contribution in [0.5, 0.6) is 0 Å². The van der Waals surface area contributed by atoms with Crippen LogP contribution in [0.2, 0.25) is 0 Å². The topological polar surface area (TPSA) is 59.8 Å². The highest BCUT2D eigenvalue weighted by Gasteiger charge is 2.17. The van der Waals surface area contributed by atoms with Crippen LogP contribution in [0.15, 0.2) is 30.5 Å². The van der Waals surface area contributed by atoms with Crippen molar-refractivity contribution in [2.75, 3.05) is 5.32 Å². The molecule has 28 heavy (non-hydrogen) atoms. The normalized spacial score (nSPS) is 13.6. The summed E-state index contributed by atoms with van der Waals surface area (Å²) in [4.78, 5) is 22.7. The first-order chi connectivity index (χ1) is 13.5. The number of benzene rings is 1.